The maximum atomic E-state index is 4.67. The van der Waals surface area contributed by atoms with E-state index >= 15 is 0 Å². The highest BCUT2D eigenvalue weighted by Crippen LogP contribution is 2.28. The molecule has 3 rings (SSSR count). The maximum absolute atomic E-state index is 4.67. The number of aromatic nitrogens is 3. The number of anilines is 1. The second-order valence-corrected chi connectivity index (χ2v) is 5.62. The molecular formula is C14H19N5S. The molecule has 0 bridgehead atoms. The summed E-state index contributed by atoms with van der Waals surface area (Å²) < 4.78 is 0. The van der Waals surface area contributed by atoms with Gasteiger partial charge in [-0.2, -0.15) is 4.98 Å². The van der Waals surface area contributed by atoms with Crippen molar-refractivity contribution in [2.24, 2.45) is 0 Å². The van der Waals surface area contributed by atoms with Crippen molar-refractivity contribution >= 4 is 17.7 Å². The van der Waals surface area contributed by atoms with Gasteiger partial charge in [0, 0.05) is 30.1 Å². The van der Waals surface area contributed by atoms with Gasteiger partial charge in [-0.1, -0.05) is 18.2 Å². The molecule has 0 saturated carbocycles. The highest BCUT2D eigenvalue weighted by atomic mass is 32.2. The third-order valence-electron chi connectivity index (χ3n) is 3.46. The second kappa shape index (κ2) is 6.28. The van der Waals surface area contributed by atoms with Crippen LogP contribution in [0.2, 0.25) is 0 Å². The molecule has 1 saturated heterocycles. The smallest absolute Gasteiger partial charge is 0.245 e. The predicted molar refractivity (Wildman–Crippen MR) is 83.3 cm³/mol. The number of benzene rings is 1. The molecule has 1 aliphatic rings. The summed E-state index contributed by atoms with van der Waals surface area (Å²) in [6.45, 7) is 4.03. The Kier molecular flexibility index (Phi) is 4.22. The first kappa shape index (κ1) is 13.5. The minimum absolute atomic E-state index is 0.805. The van der Waals surface area contributed by atoms with Crippen LogP contribution in [-0.2, 0) is 0 Å². The van der Waals surface area contributed by atoms with E-state index in [0.29, 0.717) is 0 Å². The lowest BCUT2D eigenvalue weighted by Gasteiger charge is -2.16. The number of nitrogens with one attached hydrogen (secondary N) is 2. The van der Waals surface area contributed by atoms with Gasteiger partial charge in [-0.3, -0.25) is 5.10 Å². The average molecular weight is 289 g/mol. The number of H-pyrrole nitrogens is 1. The molecule has 0 unspecified atom stereocenters. The van der Waals surface area contributed by atoms with Crippen LogP contribution in [0.3, 0.4) is 0 Å². The third-order valence-corrected chi connectivity index (χ3v) is 4.25. The molecule has 1 fully saturated rings. The molecule has 6 heteroatoms. The van der Waals surface area contributed by atoms with E-state index in [-0.39, 0.29) is 0 Å². The van der Waals surface area contributed by atoms with Crippen molar-refractivity contribution < 1.29 is 0 Å². The molecule has 1 aromatic heterocycles. The van der Waals surface area contributed by atoms with E-state index in [4.69, 9.17) is 0 Å². The molecule has 20 heavy (non-hydrogen) atoms. The Bertz CT molecular complexity index is 560. The van der Waals surface area contributed by atoms with Gasteiger partial charge in [0.25, 0.3) is 0 Å². The van der Waals surface area contributed by atoms with Crippen molar-refractivity contribution in [3.05, 3.63) is 24.3 Å². The van der Waals surface area contributed by atoms with Crippen LogP contribution in [0.1, 0.15) is 6.42 Å². The minimum Gasteiger partial charge on any atom is -0.338 e. The minimum atomic E-state index is 0.805. The fourth-order valence-corrected chi connectivity index (χ4v) is 3.00. The Morgan fingerprint density at radius 3 is 3.00 bits per heavy atom. The van der Waals surface area contributed by atoms with Gasteiger partial charge in [-0.25, -0.2) is 0 Å². The van der Waals surface area contributed by atoms with Gasteiger partial charge in [0.15, 0.2) is 5.82 Å². The molecular weight excluding hydrogens is 270 g/mol. The van der Waals surface area contributed by atoms with Gasteiger partial charge >= 0.3 is 0 Å². The summed E-state index contributed by atoms with van der Waals surface area (Å²) in [5, 5.41) is 10.9. The number of hydrogen-bond acceptors (Lipinski definition) is 5. The molecule has 2 heterocycles. The Morgan fingerprint density at radius 2 is 2.10 bits per heavy atom. The molecule has 0 amide bonds. The maximum Gasteiger partial charge on any atom is 0.245 e. The number of thioether (sulfide) groups is 1. The first-order valence-electron chi connectivity index (χ1n) is 6.90. The average Bonchev–Trinajstić information content (AvgIpc) is 2.82. The third kappa shape index (κ3) is 2.81. The summed E-state index contributed by atoms with van der Waals surface area (Å²) >= 11 is 1.73. The zero-order valence-corrected chi connectivity index (χ0v) is 12.4. The standard InChI is InChI=1S/C14H19N5S/c1-20-12-6-3-2-5-11(12)13-16-14(18-17-13)19-9-4-7-15-8-10-19/h2-3,5-6,15H,4,7-10H2,1H3,(H,16,17,18). The molecule has 0 spiro atoms. The molecule has 2 N–H and O–H groups in total. The van der Waals surface area contributed by atoms with Crippen molar-refractivity contribution in [1.29, 1.82) is 0 Å². The highest BCUT2D eigenvalue weighted by Gasteiger charge is 2.15. The van der Waals surface area contributed by atoms with E-state index in [1.807, 2.05) is 12.1 Å². The van der Waals surface area contributed by atoms with E-state index in [9.17, 15) is 0 Å². The van der Waals surface area contributed by atoms with E-state index in [0.717, 1.165) is 49.9 Å². The molecule has 0 radical (unpaired) electrons. The number of aromatic amines is 1. The second-order valence-electron chi connectivity index (χ2n) is 4.77. The van der Waals surface area contributed by atoms with E-state index in [1.54, 1.807) is 11.8 Å². The Labute approximate surface area is 123 Å². The van der Waals surface area contributed by atoms with Crippen LogP contribution in [0, 0.1) is 0 Å². The van der Waals surface area contributed by atoms with Crippen molar-refractivity contribution in [2.45, 2.75) is 11.3 Å². The number of nitrogens with zero attached hydrogens (tertiary/aromatic N) is 3. The topological polar surface area (TPSA) is 56.8 Å². The van der Waals surface area contributed by atoms with Gasteiger partial charge in [0.2, 0.25) is 5.95 Å². The fourth-order valence-electron chi connectivity index (χ4n) is 2.40. The van der Waals surface area contributed by atoms with Crippen LogP contribution < -0.4 is 10.2 Å². The highest BCUT2D eigenvalue weighted by molar-refractivity contribution is 7.98. The Morgan fingerprint density at radius 1 is 1.20 bits per heavy atom. The summed E-state index contributed by atoms with van der Waals surface area (Å²) in [4.78, 5) is 8.13. The van der Waals surface area contributed by atoms with E-state index < -0.39 is 0 Å². The summed E-state index contributed by atoms with van der Waals surface area (Å²) in [6.07, 6.45) is 3.21. The molecule has 5 nitrogen and oxygen atoms in total. The summed E-state index contributed by atoms with van der Waals surface area (Å²) in [6, 6.07) is 8.28. The van der Waals surface area contributed by atoms with E-state index in [2.05, 4.69) is 43.8 Å². The summed E-state index contributed by atoms with van der Waals surface area (Å²) in [5.74, 6) is 1.65. The van der Waals surface area contributed by atoms with Gasteiger partial charge in [0.1, 0.15) is 0 Å². The predicted octanol–water partition coefficient (Wildman–Crippen LogP) is 1.99. The molecule has 2 aromatic rings. The molecule has 1 aromatic carbocycles. The van der Waals surface area contributed by atoms with Crippen LogP contribution in [0.5, 0.6) is 0 Å². The number of rotatable bonds is 3. The molecule has 1 aliphatic heterocycles. The van der Waals surface area contributed by atoms with Gasteiger partial charge in [-0.05, 0) is 25.3 Å². The zero-order valence-electron chi connectivity index (χ0n) is 11.6. The van der Waals surface area contributed by atoms with Crippen molar-refractivity contribution in [3.8, 4) is 11.4 Å². The lowest BCUT2D eigenvalue weighted by Crippen LogP contribution is -2.28. The first-order valence-corrected chi connectivity index (χ1v) is 8.12. The monoisotopic (exact) mass is 289 g/mol. The molecule has 0 atom stereocenters. The quantitative estimate of drug-likeness (QED) is 0.846. The summed E-state index contributed by atoms with van der Waals surface area (Å²) in [7, 11) is 0. The lowest BCUT2D eigenvalue weighted by atomic mass is 10.2. The van der Waals surface area contributed by atoms with Crippen LogP contribution >= 0.6 is 11.8 Å². The van der Waals surface area contributed by atoms with Crippen LogP contribution in [-0.4, -0.2) is 47.6 Å². The SMILES string of the molecule is CSc1ccccc1-c1nc(N2CCCNCC2)n[nH]1. The van der Waals surface area contributed by atoms with Gasteiger partial charge in [0.05, 0.1) is 0 Å². The van der Waals surface area contributed by atoms with Crippen molar-refractivity contribution in [3.63, 3.8) is 0 Å². The lowest BCUT2D eigenvalue weighted by molar-refractivity contribution is 0.724. The number of hydrogen-bond donors (Lipinski definition) is 2. The normalized spacial score (nSPS) is 16.1. The van der Waals surface area contributed by atoms with Crippen LogP contribution in [0.15, 0.2) is 29.2 Å². The fraction of sp³-hybridized carbons (Fsp3) is 0.429. The summed E-state index contributed by atoms with van der Waals surface area (Å²) in [5.41, 5.74) is 1.12. The van der Waals surface area contributed by atoms with Crippen molar-refractivity contribution in [2.75, 3.05) is 37.3 Å². The molecule has 0 aliphatic carbocycles. The van der Waals surface area contributed by atoms with Crippen LogP contribution in [0.4, 0.5) is 5.95 Å². The first-order chi connectivity index (χ1) is 9.88. The van der Waals surface area contributed by atoms with Crippen molar-refractivity contribution in [1.82, 2.24) is 20.5 Å². The zero-order chi connectivity index (χ0) is 13.8. The van der Waals surface area contributed by atoms with Gasteiger partial charge in [-0.15, -0.1) is 16.9 Å². The molecule has 106 valence electrons. The Hall–Kier alpha value is -1.53. The van der Waals surface area contributed by atoms with Crippen LogP contribution in [0.25, 0.3) is 11.4 Å². The van der Waals surface area contributed by atoms with E-state index in [1.165, 1.54) is 4.90 Å². The Balaban J connectivity index is 1.85. The largest absolute Gasteiger partial charge is 0.338 e. The van der Waals surface area contributed by atoms with Gasteiger partial charge < -0.3 is 10.2 Å².